The van der Waals surface area contributed by atoms with E-state index in [1.807, 2.05) is 12.1 Å². The molecule has 0 aliphatic carbocycles. The molecular formula is C30H42O5. The smallest absolute Gasteiger partial charge is 0.343 e. The van der Waals surface area contributed by atoms with Gasteiger partial charge in [0.25, 0.3) is 0 Å². The van der Waals surface area contributed by atoms with Crippen molar-refractivity contribution in [2.24, 2.45) is 0 Å². The molecule has 35 heavy (non-hydrogen) atoms. The molecule has 0 radical (unpaired) electrons. The van der Waals surface area contributed by atoms with E-state index in [0.717, 1.165) is 18.4 Å². The highest BCUT2D eigenvalue weighted by Gasteiger charge is 2.17. The van der Waals surface area contributed by atoms with Gasteiger partial charge < -0.3 is 19.3 Å². The largest absolute Gasteiger partial charge is 0.502 e. The Kier molecular flexibility index (Phi) is 13.4. The normalized spacial score (nSPS) is 11.1. The van der Waals surface area contributed by atoms with E-state index in [-0.39, 0.29) is 22.8 Å². The molecule has 0 heterocycles. The van der Waals surface area contributed by atoms with Crippen molar-refractivity contribution >= 4 is 5.97 Å². The third-order valence-corrected chi connectivity index (χ3v) is 6.05. The van der Waals surface area contributed by atoms with Crippen molar-refractivity contribution in [2.75, 3.05) is 14.2 Å². The minimum atomic E-state index is -0.534. The number of allylic oxidation sites excluding steroid dienone is 2. The summed E-state index contributed by atoms with van der Waals surface area (Å²) >= 11 is 0. The number of carbonyl (C=O) groups is 1. The number of unbranched alkanes of at least 4 members (excludes halogenated alkanes) is 9. The maximum atomic E-state index is 12.6. The fraction of sp³-hybridized carbons (Fsp3) is 0.500. The predicted molar refractivity (Wildman–Crippen MR) is 142 cm³/mol. The zero-order valence-corrected chi connectivity index (χ0v) is 21.7. The quantitative estimate of drug-likeness (QED) is 0.107. The maximum Gasteiger partial charge on any atom is 0.343 e. The van der Waals surface area contributed by atoms with Crippen LogP contribution in [0.1, 0.15) is 93.5 Å². The molecule has 0 aliphatic rings. The van der Waals surface area contributed by atoms with E-state index in [2.05, 4.69) is 25.1 Å². The van der Waals surface area contributed by atoms with Gasteiger partial charge in [0.1, 0.15) is 5.75 Å². The van der Waals surface area contributed by atoms with Crippen LogP contribution >= 0.6 is 0 Å². The standard InChI is InChI=1S/C30H42O5/c1-4-5-6-7-8-9-10-11-12-13-14-15-16-18-24-19-17-20-26(21-24)35-30(32)25-22-27(33-2)29(31)28(23-25)34-3/h10-11,17,19-23,31H,4-9,12-16,18H2,1-3H3/b11-10+. The van der Waals surface area contributed by atoms with Crippen molar-refractivity contribution < 1.29 is 24.1 Å². The first-order chi connectivity index (χ1) is 17.1. The van der Waals surface area contributed by atoms with Crippen molar-refractivity contribution in [3.63, 3.8) is 0 Å². The average molecular weight is 483 g/mol. The third kappa shape index (κ3) is 10.5. The van der Waals surface area contributed by atoms with Gasteiger partial charge >= 0.3 is 5.97 Å². The molecule has 0 spiro atoms. The van der Waals surface area contributed by atoms with E-state index in [1.54, 1.807) is 6.07 Å². The lowest BCUT2D eigenvalue weighted by atomic mass is 10.0. The number of esters is 1. The van der Waals surface area contributed by atoms with E-state index in [0.29, 0.717) is 5.75 Å². The lowest BCUT2D eigenvalue weighted by molar-refractivity contribution is 0.0734. The van der Waals surface area contributed by atoms with Crippen LogP contribution in [0.5, 0.6) is 23.0 Å². The molecule has 0 aromatic heterocycles. The molecule has 2 aromatic carbocycles. The van der Waals surface area contributed by atoms with E-state index in [1.165, 1.54) is 90.6 Å². The summed E-state index contributed by atoms with van der Waals surface area (Å²) in [7, 11) is 2.83. The lowest BCUT2D eigenvalue weighted by Crippen LogP contribution is -2.09. The summed E-state index contributed by atoms with van der Waals surface area (Å²) in [6.45, 7) is 2.25. The third-order valence-electron chi connectivity index (χ3n) is 6.05. The number of aromatic hydroxyl groups is 1. The summed E-state index contributed by atoms with van der Waals surface area (Å²) in [6, 6.07) is 10.5. The molecule has 5 nitrogen and oxygen atoms in total. The van der Waals surface area contributed by atoms with Crippen molar-refractivity contribution in [3.05, 3.63) is 59.7 Å². The number of methoxy groups -OCH3 is 2. The first-order valence-electron chi connectivity index (χ1n) is 13.0. The van der Waals surface area contributed by atoms with Crippen LogP contribution in [-0.4, -0.2) is 25.3 Å². The van der Waals surface area contributed by atoms with Gasteiger partial charge in [-0.1, -0.05) is 69.7 Å². The molecular weight excluding hydrogens is 440 g/mol. The summed E-state index contributed by atoms with van der Waals surface area (Å²) in [4.78, 5) is 12.6. The Hall–Kier alpha value is -2.95. The Morgan fingerprint density at radius 2 is 1.43 bits per heavy atom. The Labute approximate surface area is 211 Å². The van der Waals surface area contributed by atoms with Crippen molar-refractivity contribution in [1.82, 2.24) is 0 Å². The van der Waals surface area contributed by atoms with Gasteiger partial charge in [-0.3, -0.25) is 0 Å². The highest BCUT2D eigenvalue weighted by molar-refractivity contribution is 5.92. The lowest BCUT2D eigenvalue weighted by Gasteiger charge is -2.11. The molecule has 192 valence electrons. The van der Waals surface area contributed by atoms with Gasteiger partial charge in [0, 0.05) is 0 Å². The summed E-state index contributed by atoms with van der Waals surface area (Å²) in [5, 5.41) is 10.0. The number of phenolic OH excluding ortho intramolecular Hbond substituents is 1. The van der Waals surface area contributed by atoms with E-state index in [4.69, 9.17) is 14.2 Å². The molecule has 5 heteroatoms. The Balaban J connectivity index is 1.70. The van der Waals surface area contributed by atoms with Gasteiger partial charge in [0.05, 0.1) is 19.8 Å². The van der Waals surface area contributed by atoms with Crippen LogP contribution in [0.2, 0.25) is 0 Å². The van der Waals surface area contributed by atoms with Gasteiger partial charge in [0.2, 0.25) is 5.75 Å². The number of hydrogen-bond acceptors (Lipinski definition) is 5. The first-order valence-corrected chi connectivity index (χ1v) is 13.0. The number of carbonyl (C=O) groups excluding carboxylic acids is 1. The molecule has 0 bridgehead atoms. The molecule has 0 unspecified atom stereocenters. The molecule has 2 aromatic rings. The van der Waals surface area contributed by atoms with E-state index in [9.17, 15) is 9.90 Å². The molecule has 0 fully saturated rings. The minimum absolute atomic E-state index is 0.151. The van der Waals surface area contributed by atoms with E-state index >= 15 is 0 Å². The maximum absolute atomic E-state index is 12.6. The van der Waals surface area contributed by atoms with Gasteiger partial charge in [-0.2, -0.15) is 0 Å². The number of rotatable bonds is 17. The molecule has 0 atom stereocenters. The van der Waals surface area contributed by atoms with Crippen LogP contribution in [0.25, 0.3) is 0 Å². The fourth-order valence-corrected chi connectivity index (χ4v) is 3.99. The summed E-state index contributed by atoms with van der Waals surface area (Å²) in [5.41, 5.74) is 1.39. The predicted octanol–water partition coefficient (Wildman–Crippen LogP) is 8.04. The molecule has 0 saturated heterocycles. The number of aryl methyl sites for hydroxylation is 1. The van der Waals surface area contributed by atoms with Crippen molar-refractivity contribution in [1.29, 1.82) is 0 Å². The molecule has 1 N–H and O–H groups in total. The van der Waals surface area contributed by atoms with Gasteiger partial charge in [-0.25, -0.2) is 4.79 Å². The van der Waals surface area contributed by atoms with Crippen LogP contribution in [0, 0.1) is 0 Å². The zero-order chi connectivity index (χ0) is 25.3. The molecule has 2 rings (SSSR count). The summed E-state index contributed by atoms with van der Waals surface area (Å²) < 4.78 is 15.8. The van der Waals surface area contributed by atoms with Crippen LogP contribution in [-0.2, 0) is 6.42 Å². The fourth-order valence-electron chi connectivity index (χ4n) is 3.99. The van der Waals surface area contributed by atoms with Crippen LogP contribution in [0.3, 0.4) is 0 Å². The second-order valence-corrected chi connectivity index (χ2v) is 8.89. The number of ether oxygens (including phenoxy) is 3. The number of phenols is 1. The van der Waals surface area contributed by atoms with Crippen LogP contribution in [0.15, 0.2) is 48.6 Å². The second kappa shape index (κ2) is 16.6. The number of hydrogen-bond donors (Lipinski definition) is 1. The van der Waals surface area contributed by atoms with E-state index < -0.39 is 5.97 Å². The van der Waals surface area contributed by atoms with Gasteiger partial charge in [0.15, 0.2) is 11.5 Å². The van der Waals surface area contributed by atoms with Crippen LogP contribution < -0.4 is 14.2 Å². The van der Waals surface area contributed by atoms with Gasteiger partial charge in [-0.15, -0.1) is 0 Å². The first kappa shape index (κ1) is 28.3. The SMILES string of the molecule is CCCCCCC/C=C/CCCCCCc1cccc(OC(=O)c2cc(OC)c(O)c(OC)c2)c1. The summed E-state index contributed by atoms with van der Waals surface area (Å²) in [6.07, 6.45) is 19.6. The van der Waals surface area contributed by atoms with Crippen molar-refractivity contribution in [3.8, 4) is 23.0 Å². The van der Waals surface area contributed by atoms with Crippen LogP contribution in [0.4, 0.5) is 0 Å². The Bertz CT molecular complexity index is 894. The Morgan fingerprint density at radius 3 is 2.03 bits per heavy atom. The number of benzene rings is 2. The molecule has 0 aliphatic heterocycles. The highest BCUT2D eigenvalue weighted by Crippen LogP contribution is 2.37. The average Bonchev–Trinajstić information content (AvgIpc) is 2.87. The Morgan fingerprint density at radius 1 is 0.829 bits per heavy atom. The monoisotopic (exact) mass is 482 g/mol. The highest BCUT2D eigenvalue weighted by atomic mass is 16.5. The zero-order valence-electron chi connectivity index (χ0n) is 21.7. The summed E-state index contributed by atoms with van der Waals surface area (Å²) in [5.74, 6) is 0.124. The second-order valence-electron chi connectivity index (χ2n) is 8.89. The molecule has 0 amide bonds. The molecule has 0 saturated carbocycles. The van der Waals surface area contributed by atoms with Gasteiger partial charge in [-0.05, 0) is 68.4 Å². The van der Waals surface area contributed by atoms with Crippen molar-refractivity contribution in [2.45, 2.75) is 84.0 Å². The topological polar surface area (TPSA) is 65.0 Å². The minimum Gasteiger partial charge on any atom is -0.502 e.